The minimum atomic E-state index is -5.39. The highest BCUT2D eigenvalue weighted by Crippen LogP contribution is 2.42. The van der Waals surface area contributed by atoms with E-state index in [2.05, 4.69) is 15.5 Å². The van der Waals surface area contributed by atoms with Crippen LogP contribution in [0, 0.1) is 0 Å². The number of carbonyl (C=O) groups excluding carboxylic acids is 3. The number of anilines is 3. The van der Waals surface area contributed by atoms with Crippen LogP contribution in [0.1, 0.15) is 47.8 Å². The number of ketones is 3. The number of allylic oxidation sites excluding steroid dienone is 1. The summed E-state index contributed by atoms with van der Waals surface area (Å²) in [5.74, 6) is -3.36. The van der Waals surface area contributed by atoms with Crippen molar-refractivity contribution in [2.24, 2.45) is 10.2 Å². The molecule has 0 aromatic heterocycles. The Morgan fingerprint density at radius 2 is 1.04 bits per heavy atom. The Hall–Kier alpha value is -5.64. The van der Waals surface area contributed by atoms with Crippen molar-refractivity contribution < 1.29 is 58.4 Å². The average Bonchev–Trinajstić information content (AvgIpc) is 3.26. The molecule has 0 unspecified atom stereocenters. The molecule has 2 aliphatic rings. The summed E-state index contributed by atoms with van der Waals surface area (Å²) in [6, 6.07) is 12.4. The van der Waals surface area contributed by atoms with Gasteiger partial charge in [-0.2, -0.15) is 25.3 Å². The number of hydrogen-bond donors (Lipinski definition) is 6. The fraction of sp³-hybridized carbons (Fsp3) is 0. The first-order valence-corrected chi connectivity index (χ1v) is 17.6. The lowest BCUT2D eigenvalue weighted by atomic mass is 9.82. The van der Waals surface area contributed by atoms with Gasteiger partial charge < -0.3 is 16.2 Å². The van der Waals surface area contributed by atoms with E-state index < -0.39 is 108 Å². The van der Waals surface area contributed by atoms with Crippen LogP contribution >= 0.6 is 0 Å². The number of nitrogens with zero attached hydrogens (tertiary/aromatic N) is 2. The first kappa shape index (κ1) is 33.3. The molecule has 20 heteroatoms. The molecule has 0 fully saturated rings. The van der Waals surface area contributed by atoms with Crippen LogP contribution in [0.2, 0.25) is 0 Å². The third kappa shape index (κ3) is 5.56. The van der Waals surface area contributed by atoms with Gasteiger partial charge in [-0.3, -0.25) is 28.0 Å². The summed E-state index contributed by atoms with van der Waals surface area (Å²) in [4.78, 5) is 36.4. The quantitative estimate of drug-likeness (QED) is 0.0791. The lowest BCUT2D eigenvalue weighted by Crippen LogP contribution is -2.25. The Bertz CT molecular complexity index is 2630. The lowest BCUT2D eigenvalue weighted by molar-refractivity contribution is 0.0980. The summed E-state index contributed by atoms with van der Waals surface area (Å²) >= 11 is 0. The zero-order chi connectivity index (χ0) is 35.8. The van der Waals surface area contributed by atoms with Gasteiger partial charge in [0.05, 0.1) is 28.2 Å². The minimum Gasteiger partial charge on any atom is -0.505 e. The zero-order valence-electron chi connectivity index (χ0n) is 24.0. The van der Waals surface area contributed by atoms with Crippen molar-refractivity contribution in [1.82, 2.24) is 0 Å². The SMILES string of the molecule is Nc1c(S(=O)(=O)O)cc(Nc2cc(S(=O)(=O)O)c(N=NC3=C(O)c4ccccc4C3=O)cc2S(=O)(=O)O)c2c1C(=O)c1ccccc1C2=O. The Balaban J connectivity index is 1.57. The molecule has 0 heterocycles. The number of nitrogen functional groups attached to an aromatic ring is 1. The van der Waals surface area contributed by atoms with Crippen LogP contribution in [0.5, 0.6) is 0 Å². The van der Waals surface area contributed by atoms with E-state index in [0.717, 1.165) is 0 Å². The third-order valence-electron chi connectivity index (χ3n) is 7.49. The predicted molar refractivity (Wildman–Crippen MR) is 168 cm³/mol. The highest BCUT2D eigenvalue weighted by atomic mass is 32.2. The summed E-state index contributed by atoms with van der Waals surface area (Å²) in [5, 5.41) is 19.9. The molecule has 0 amide bonds. The minimum absolute atomic E-state index is 0.0221. The van der Waals surface area contributed by atoms with E-state index in [0.29, 0.717) is 18.2 Å². The number of azo groups is 1. The number of aliphatic hydroxyl groups excluding tert-OH is 1. The number of benzene rings is 4. The number of fused-ring (bicyclic) bond motifs is 3. The normalized spacial score (nSPS) is 14.6. The number of nitrogens with two attached hydrogens (primary N) is 1. The molecule has 6 rings (SSSR count). The zero-order valence-corrected chi connectivity index (χ0v) is 26.5. The maximum atomic E-state index is 13.6. The summed E-state index contributed by atoms with van der Waals surface area (Å²) in [6.45, 7) is 0. The van der Waals surface area contributed by atoms with Crippen LogP contribution in [0.3, 0.4) is 0 Å². The van der Waals surface area contributed by atoms with Crippen molar-refractivity contribution in [2.75, 3.05) is 11.1 Å². The molecule has 0 saturated heterocycles. The number of Topliss-reactive ketones (excluding diaryl/α,β-unsaturated/α-hetero) is 1. The van der Waals surface area contributed by atoms with Gasteiger partial charge in [-0.25, -0.2) is 0 Å². The van der Waals surface area contributed by atoms with E-state index in [-0.39, 0.29) is 22.3 Å². The van der Waals surface area contributed by atoms with Crippen molar-refractivity contribution in [3.63, 3.8) is 0 Å². The number of carbonyl (C=O) groups is 3. The van der Waals surface area contributed by atoms with Crippen LogP contribution in [0.25, 0.3) is 5.76 Å². The summed E-state index contributed by atoms with van der Waals surface area (Å²) in [6.07, 6.45) is 0. The van der Waals surface area contributed by atoms with Gasteiger partial charge in [0.25, 0.3) is 30.4 Å². The van der Waals surface area contributed by atoms with Gasteiger partial charge in [-0.05, 0) is 18.2 Å². The number of aliphatic hydroxyl groups is 1. The van der Waals surface area contributed by atoms with Crippen LogP contribution in [0.15, 0.2) is 97.3 Å². The van der Waals surface area contributed by atoms with Gasteiger partial charge >= 0.3 is 0 Å². The molecule has 17 nitrogen and oxygen atoms in total. The maximum Gasteiger partial charge on any atom is 0.296 e. The fourth-order valence-corrected chi connectivity index (χ4v) is 7.27. The maximum absolute atomic E-state index is 13.6. The van der Waals surface area contributed by atoms with Gasteiger partial charge in [0.1, 0.15) is 20.4 Å². The summed E-state index contributed by atoms with van der Waals surface area (Å²) in [5.41, 5.74) is 0.257. The van der Waals surface area contributed by atoms with Gasteiger partial charge in [-0.15, -0.1) is 10.2 Å². The lowest BCUT2D eigenvalue weighted by Gasteiger charge is -2.24. The Labute approximate surface area is 275 Å². The molecule has 0 atom stereocenters. The highest BCUT2D eigenvalue weighted by Gasteiger charge is 2.37. The molecule has 4 aromatic rings. The highest BCUT2D eigenvalue weighted by molar-refractivity contribution is 7.86. The van der Waals surface area contributed by atoms with Crippen LogP contribution in [0.4, 0.5) is 22.7 Å². The van der Waals surface area contributed by atoms with E-state index in [1.54, 1.807) is 0 Å². The van der Waals surface area contributed by atoms with Gasteiger partial charge in [0.2, 0.25) is 5.78 Å². The largest absolute Gasteiger partial charge is 0.505 e. The second-order valence-corrected chi connectivity index (χ2v) is 14.6. The second kappa shape index (κ2) is 11.2. The Morgan fingerprint density at radius 3 is 1.55 bits per heavy atom. The van der Waals surface area contributed by atoms with Gasteiger partial charge in [0.15, 0.2) is 23.0 Å². The number of nitrogens with one attached hydrogen (secondary N) is 1. The van der Waals surface area contributed by atoms with E-state index in [4.69, 9.17) is 5.73 Å². The number of rotatable bonds is 7. The van der Waals surface area contributed by atoms with Crippen LogP contribution in [-0.4, -0.2) is 61.4 Å². The predicted octanol–water partition coefficient (Wildman–Crippen LogP) is 3.73. The number of hydrogen-bond acceptors (Lipinski definition) is 14. The average molecular weight is 727 g/mol. The molecule has 49 heavy (non-hydrogen) atoms. The first-order chi connectivity index (χ1) is 22.8. The molecular weight excluding hydrogens is 709 g/mol. The fourth-order valence-electron chi connectivity index (χ4n) is 5.34. The standard InChI is InChI=1S/C29H18N4O13S3/c30-24-21(49(44,45)46)11-18(22-23(24)27(35)13-6-2-1-5-12(13)26(22)34)31-16-9-20(48(41,42)43)17(10-19(16)47(38,39)40)32-33-25-28(36)14-7-3-4-8-15(14)29(25)37/h1-11,31,36H,30H2,(H,38,39,40)(H,41,42,43)(H,44,45,46). The Kier molecular flexibility index (Phi) is 7.62. The molecule has 0 spiro atoms. The third-order valence-corrected chi connectivity index (χ3v) is 10.2. The van der Waals surface area contributed by atoms with E-state index >= 15 is 0 Å². The van der Waals surface area contributed by atoms with Gasteiger partial charge in [-0.1, -0.05) is 48.5 Å². The first-order valence-electron chi connectivity index (χ1n) is 13.3. The smallest absolute Gasteiger partial charge is 0.296 e. The van der Waals surface area contributed by atoms with E-state index in [9.17, 15) is 58.4 Å². The molecular formula is C29H18N4O13S3. The molecule has 4 aromatic carbocycles. The monoisotopic (exact) mass is 726 g/mol. The molecule has 2 aliphatic carbocycles. The molecule has 0 aliphatic heterocycles. The van der Waals surface area contributed by atoms with E-state index in [1.165, 1.54) is 48.5 Å². The molecule has 0 bridgehead atoms. The van der Waals surface area contributed by atoms with Crippen molar-refractivity contribution in [2.45, 2.75) is 14.7 Å². The second-order valence-electron chi connectivity index (χ2n) is 10.4. The molecule has 0 radical (unpaired) electrons. The Morgan fingerprint density at radius 1 is 0.571 bits per heavy atom. The molecule has 0 saturated carbocycles. The van der Waals surface area contributed by atoms with Gasteiger partial charge in [0, 0.05) is 22.3 Å². The summed E-state index contributed by atoms with van der Waals surface area (Å²) < 4.78 is 105. The topological polar surface area (TPSA) is 297 Å². The van der Waals surface area contributed by atoms with Crippen molar-refractivity contribution >= 4 is 76.2 Å². The van der Waals surface area contributed by atoms with Crippen LogP contribution < -0.4 is 11.1 Å². The van der Waals surface area contributed by atoms with Crippen molar-refractivity contribution in [3.8, 4) is 0 Å². The van der Waals surface area contributed by atoms with Crippen molar-refractivity contribution in [3.05, 3.63) is 106 Å². The summed E-state index contributed by atoms with van der Waals surface area (Å²) in [7, 11) is -16.0. The van der Waals surface area contributed by atoms with Crippen molar-refractivity contribution in [1.29, 1.82) is 0 Å². The molecule has 250 valence electrons. The van der Waals surface area contributed by atoms with Crippen LogP contribution in [-0.2, 0) is 30.4 Å². The molecule has 7 N–H and O–H groups in total. The van der Waals surface area contributed by atoms with E-state index in [1.807, 2.05) is 0 Å².